The molecule has 0 radical (unpaired) electrons. The first-order valence-corrected chi connectivity index (χ1v) is 6.68. The molecule has 0 bridgehead atoms. The molecule has 2 rings (SSSR count). The van der Waals surface area contributed by atoms with Crippen LogP contribution in [0.1, 0.15) is 6.42 Å². The van der Waals surface area contributed by atoms with Crippen molar-refractivity contribution in [2.45, 2.75) is 6.42 Å². The Bertz CT molecular complexity index is 417. The van der Waals surface area contributed by atoms with Crippen LogP contribution in [0, 0.1) is 5.92 Å². The number of anilines is 2. The first-order valence-electron chi connectivity index (χ1n) is 5.53. The van der Waals surface area contributed by atoms with E-state index in [4.69, 9.17) is 10.5 Å². The Morgan fingerprint density at radius 3 is 3.06 bits per heavy atom. The monoisotopic (exact) mass is 252 g/mol. The van der Waals surface area contributed by atoms with Gasteiger partial charge in [-0.05, 0) is 24.3 Å². The summed E-state index contributed by atoms with van der Waals surface area (Å²) < 4.78 is 5.11. The SMILES string of the molecule is COc1cc(NC(=O)C2CCSC2)ccc1N. The summed E-state index contributed by atoms with van der Waals surface area (Å²) >= 11 is 1.83. The van der Waals surface area contributed by atoms with Crippen LogP contribution < -0.4 is 15.8 Å². The number of rotatable bonds is 3. The number of nitrogens with one attached hydrogen (secondary N) is 1. The highest BCUT2D eigenvalue weighted by Crippen LogP contribution is 2.27. The van der Waals surface area contributed by atoms with Crippen molar-refractivity contribution in [3.05, 3.63) is 18.2 Å². The number of carbonyl (C=O) groups is 1. The van der Waals surface area contributed by atoms with Gasteiger partial charge in [-0.3, -0.25) is 4.79 Å². The molecular weight excluding hydrogens is 236 g/mol. The minimum absolute atomic E-state index is 0.0850. The number of thioether (sulfide) groups is 1. The van der Waals surface area contributed by atoms with Crippen LogP contribution in [0.3, 0.4) is 0 Å². The van der Waals surface area contributed by atoms with Gasteiger partial charge in [0.05, 0.1) is 12.8 Å². The average Bonchev–Trinajstić information content (AvgIpc) is 2.85. The highest BCUT2D eigenvalue weighted by Gasteiger charge is 2.23. The molecule has 0 saturated carbocycles. The Hall–Kier alpha value is -1.36. The van der Waals surface area contributed by atoms with Gasteiger partial charge in [0.1, 0.15) is 5.75 Å². The van der Waals surface area contributed by atoms with E-state index >= 15 is 0 Å². The maximum absolute atomic E-state index is 11.9. The molecule has 1 saturated heterocycles. The number of hydrogen-bond acceptors (Lipinski definition) is 4. The van der Waals surface area contributed by atoms with E-state index in [1.54, 1.807) is 25.3 Å². The fourth-order valence-corrected chi connectivity index (χ4v) is 2.99. The molecule has 1 unspecified atom stereocenters. The van der Waals surface area contributed by atoms with Crippen LogP contribution in [-0.2, 0) is 4.79 Å². The van der Waals surface area contributed by atoms with E-state index in [1.165, 1.54) is 0 Å². The van der Waals surface area contributed by atoms with Crippen LogP contribution in [0.4, 0.5) is 11.4 Å². The van der Waals surface area contributed by atoms with Crippen LogP contribution in [0.5, 0.6) is 5.75 Å². The summed E-state index contributed by atoms with van der Waals surface area (Å²) in [6.07, 6.45) is 0.961. The molecule has 0 aromatic heterocycles. The molecule has 1 atom stereocenters. The van der Waals surface area contributed by atoms with Crippen molar-refractivity contribution in [1.82, 2.24) is 0 Å². The lowest BCUT2D eigenvalue weighted by Gasteiger charge is -2.11. The molecule has 1 heterocycles. The fraction of sp³-hybridized carbons (Fsp3) is 0.417. The zero-order chi connectivity index (χ0) is 12.3. The van der Waals surface area contributed by atoms with Crippen LogP contribution in [-0.4, -0.2) is 24.5 Å². The fourth-order valence-electron chi connectivity index (χ4n) is 1.77. The first-order chi connectivity index (χ1) is 8.20. The summed E-state index contributed by atoms with van der Waals surface area (Å²) in [7, 11) is 1.56. The van der Waals surface area contributed by atoms with Crippen molar-refractivity contribution >= 4 is 29.0 Å². The summed E-state index contributed by atoms with van der Waals surface area (Å²) in [6, 6.07) is 5.27. The standard InChI is InChI=1S/C12H16N2O2S/c1-16-11-6-9(2-3-10(11)13)14-12(15)8-4-5-17-7-8/h2-3,6,8H,4-5,7,13H2,1H3,(H,14,15). The maximum Gasteiger partial charge on any atom is 0.228 e. The summed E-state index contributed by atoms with van der Waals surface area (Å²) in [5.41, 5.74) is 7.02. The topological polar surface area (TPSA) is 64.3 Å². The summed E-state index contributed by atoms with van der Waals surface area (Å²) in [6.45, 7) is 0. The molecule has 17 heavy (non-hydrogen) atoms. The molecule has 1 aliphatic rings. The second-order valence-electron chi connectivity index (χ2n) is 4.01. The molecule has 1 aromatic rings. The van der Waals surface area contributed by atoms with Gasteiger partial charge in [-0.1, -0.05) is 0 Å². The minimum atomic E-state index is 0.0850. The highest BCUT2D eigenvalue weighted by molar-refractivity contribution is 7.99. The number of benzene rings is 1. The van der Waals surface area contributed by atoms with E-state index in [0.29, 0.717) is 11.4 Å². The molecule has 1 aromatic carbocycles. The molecule has 1 amide bonds. The van der Waals surface area contributed by atoms with Crippen molar-refractivity contribution in [3.8, 4) is 5.75 Å². The van der Waals surface area contributed by atoms with Crippen LogP contribution >= 0.6 is 11.8 Å². The number of hydrogen-bond donors (Lipinski definition) is 2. The number of nitrogen functional groups attached to an aromatic ring is 1. The van der Waals surface area contributed by atoms with Crippen LogP contribution in [0.2, 0.25) is 0 Å². The van der Waals surface area contributed by atoms with Crippen molar-refractivity contribution in [2.75, 3.05) is 29.7 Å². The lowest BCUT2D eigenvalue weighted by Crippen LogP contribution is -2.22. The van der Waals surface area contributed by atoms with Gasteiger partial charge in [0.15, 0.2) is 0 Å². The van der Waals surface area contributed by atoms with Crippen molar-refractivity contribution < 1.29 is 9.53 Å². The third kappa shape index (κ3) is 2.85. The van der Waals surface area contributed by atoms with Gasteiger partial charge in [-0.25, -0.2) is 0 Å². The van der Waals surface area contributed by atoms with Crippen molar-refractivity contribution in [1.29, 1.82) is 0 Å². The molecule has 4 nitrogen and oxygen atoms in total. The molecule has 1 aliphatic heterocycles. The average molecular weight is 252 g/mol. The predicted molar refractivity (Wildman–Crippen MR) is 71.5 cm³/mol. The van der Waals surface area contributed by atoms with Gasteiger partial charge in [0, 0.05) is 23.4 Å². The molecule has 3 N–H and O–H groups in total. The zero-order valence-corrected chi connectivity index (χ0v) is 10.5. The summed E-state index contributed by atoms with van der Waals surface area (Å²) in [5, 5.41) is 2.90. The lowest BCUT2D eigenvalue weighted by molar-refractivity contribution is -0.119. The van der Waals surface area contributed by atoms with E-state index in [1.807, 2.05) is 11.8 Å². The summed E-state index contributed by atoms with van der Waals surface area (Å²) in [5.74, 6) is 2.79. The Kier molecular flexibility index (Phi) is 3.78. The number of nitrogens with two attached hydrogens (primary N) is 1. The number of methoxy groups -OCH3 is 1. The molecule has 1 fully saturated rings. The Morgan fingerprint density at radius 2 is 2.41 bits per heavy atom. The second-order valence-corrected chi connectivity index (χ2v) is 5.16. The third-order valence-corrected chi connectivity index (χ3v) is 3.96. The number of ether oxygens (including phenoxy) is 1. The Labute approximate surface area is 105 Å². The molecule has 5 heteroatoms. The molecule has 0 aliphatic carbocycles. The lowest BCUT2D eigenvalue weighted by atomic mass is 10.1. The Morgan fingerprint density at radius 1 is 1.59 bits per heavy atom. The highest BCUT2D eigenvalue weighted by atomic mass is 32.2. The van der Waals surface area contributed by atoms with Gasteiger partial charge in [-0.2, -0.15) is 11.8 Å². The van der Waals surface area contributed by atoms with Crippen molar-refractivity contribution in [2.24, 2.45) is 5.92 Å². The number of amides is 1. The second kappa shape index (κ2) is 5.31. The van der Waals surface area contributed by atoms with Crippen LogP contribution in [0.15, 0.2) is 18.2 Å². The predicted octanol–water partition coefficient (Wildman–Crippen LogP) is 1.97. The van der Waals surface area contributed by atoms with Gasteiger partial charge in [0.25, 0.3) is 0 Å². The largest absolute Gasteiger partial charge is 0.495 e. The summed E-state index contributed by atoms with van der Waals surface area (Å²) in [4.78, 5) is 11.9. The van der Waals surface area contributed by atoms with E-state index in [-0.39, 0.29) is 11.8 Å². The van der Waals surface area contributed by atoms with E-state index < -0.39 is 0 Å². The zero-order valence-electron chi connectivity index (χ0n) is 9.73. The molecule has 0 spiro atoms. The van der Waals surface area contributed by atoms with Crippen molar-refractivity contribution in [3.63, 3.8) is 0 Å². The third-order valence-electron chi connectivity index (χ3n) is 2.80. The van der Waals surface area contributed by atoms with Gasteiger partial charge in [0.2, 0.25) is 5.91 Å². The normalized spacial score (nSPS) is 19.0. The minimum Gasteiger partial charge on any atom is -0.495 e. The molecular formula is C12H16N2O2S. The smallest absolute Gasteiger partial charge is 0.228 e. The quantitative estimate of drug-likeness (QED) is 0.807. The van der Waals surface area contributed by atoms with E-state index in [9.17, 15) is 4.79 Å². The first kappa shape index (κ1) is 12.1. The van der Waals surface area contributed by atoms with Gasteiger partial charge >= 0.3 is 0 Å². The number of carbonyl (C=O) groups excluding carboxylic acids is 1. The van der Waals surface area contributed by atoms with E-state index in [2.05, 4.69) is 5.32 Å². The maximum atomic E-state index is 11.9. The van der Waals surface area contributed by atoms with E-state index in [0.717, 1.165) is 23.6 Å². The Balaban J connectivity index is 2.05. The van der Waals surface area contributed by atoms with Crippen LogP contribution in [0.25, 0.3) is 0 Å². The van der Waals surface area contributed by atoms with Gasteiger partial charge in [-0.15, -0.1) is 0 Å². The molecule has 92 valence electrons. The van der Waals surface area contributed by atoms with Gasteiger partial charge < -0.3 is 15.8 Å².